The predicted molar refractivity (Wildman–Crippen MR) is 186 cm³/mol. The quantitative estimate of drug-likeness (QED) is 0.218. The summed E-state index contributed by atoms with van der Waals surface area (Å²) in [6.07, 6.45) is 2.55. The van der Waals surface area contributed by atoms with Crippen molar-refractivity contribution >= 4 is 33.5 Å². The van der Waals surface area contributed by atoms with Crippen LogP contribution in [0.3, 0.4) is 0 Å². The number of piperidine rings is 2. The Hall–Kier alpha value is -3.74. The van der Waals surface area contributed by atoms with Crippen LogP contribution in [0.4, 0.5) is 0 Å². The highest BCUT2D eigenvalue weighted by Gasteiger charge is 2.41. The number of ether oxygens (including phenoxy) is 2. The summed E-state index contributed by atoms with van der Waals surface area (Å²) >= 11 is 0. The van der Waals surface area contributed by atoms with E-state index < -0.39 is 0 Å². The number of hydrogen-bond donors (Lipinski definition) is 2. The summed E-state index contributed by atoms with van der Waals surface area (Å²) in [5, 5.41) is 11.0. The van der Waals surface area contributed by atoms with E-state index >= 15 is 0 Å². The fraction of sp³-hybridized carbons (Fsp3) is 0.450. The molecule has 0 amide bonds. The van der Waals surface area contributed by atoms with Crippen LogP contribution in [0.2, 0.25) is 0 Å². The molecule has 0 unspecified atom stereocenters. The Bertz CT molecular complexity index is 1790. The lowest BCUT2D eigenvalue weighted by Gasteiger charge is -2.46. The molecule has 2 heterocycles. The molecule has 0 bridgehead atoms. The number of nitrogens with one attached hydrogen (secondary N) is 2. The fourth-order valence-corrected chi connectivity index (χ4v) is 8.40. The van der Waals surface area contributed by atoms with Gasteiger partial charge in [-0.3, -0.25) is 0 Å². The second-order valence-electron chi connectivity index (χ2n) is 16.1. The van der Waals surface area contributed by atoms with Gasteiger partial charge in [-0.05, 0) is 106 Å². The lowest BCUT2D eigenvalue weighted by atomic mass is 9.81. The molecule has 2 saturated heterocycles. The van der Waals surface area contributed by atoms with Gasteiger partial charge in [0.05, 0.1) is 11.1 Å². The van der Waals surface area contributed by atoms with Crippen LogP contribution in [0.25, 0.3) is 32.7 Å². The standard InChI is InChI=1S/C40H48N2O4/c1-37(2)21-27(22-38(3,4)41-37)45-35(43)32-18-17-31(29-15-11-12-16-30(29)32)33-19-25-13-9-10-14-26(25)20-34(33)36(44)46-28-23-39(5,6)42-40(7,8)24-28/h9-20,27-28,41-42H,21-24H2,1-8H3. The highest BCUT2D eigenvalue weighted by molar-refractivity contribution is 6.12. The molecule has 0 aromatic heterocycles. The lowest BCUT2D eigenvalue weighted by molar-refractivity contribution is -0.00755. The molecule has 46 heavy (non-hydrogen) atoms. The van der Waals surface area contributed by atoms with Gasteiger partial charge in [0.1, 0.15) is 12.2 Å². The molecule has 6 heteroatoms. The number of carbonyl (C=O) groups is 2. The minimum atomic E-state index is -0.331. The van der Waals surface area contributed by atoms with E-state index in [0.29, 0.717) is 11.1 Å². The fourth-order valence-electron chi connectivity index (χ4n) is 8.40. The molecule has 2 fully saturated rings. The monoisotopic (exact) mass is 620 g/mol. The Morgan fingerprint density at radius 1 is 0.543 bits per heavy atom. The summed E-state index contributed by atoms with van der Waals surface area (Å²) in [5.41, 5.74) is 2.12. The van der Waals surface area contributed by atoms with Crippen molar-refractivity contribution < 1.29 is 19.1 Å². The zero-order valence-electron chi connectivity index (χ0n) is 28.5. The van der Waals surface area contributed by atoms with Crippen LogP contribution in [0.15, 0.2) is 72.8 Å². The molecule has 242 valence electrons. The molecule has 4 aromatic rings. The first-order chi connectivity index (χ1) is 21.5. The van der Waals surface area contributed by atoms with Gasteiger partial charge in [0.15, 0.2) is 0 Å². The SMILES string of the molecule is CC1(C)CC(OC(=O)c2cc3ccccc3cc2-c2ccc(C(=O)OC3CC(C)(C)NC(C)(C)C3)c3ccccc23)CC(C)(C)N1. The molecular formula is C40H48N2O4. The van der Waals surface area contributed by atoms with Crippen molar-refractivity contribution in [1.82, 2.24) is 10.6 Å². The number of hydrogen-bond acceptors (Lipinski definition) is 6. The van der Waals surface area contributed by atoms with Crippen molar-refractivity contribution in [3.05, 3.63) is 83.9 Å². The Morgan fingerprint density at radius 3 is 1.50 bits per heavy atom. The van der Waals surface area contributed by atoms with Gasteiger partial charge in [-0.15, -0.1) is 0 Å². The highest BCUT2D eigenvalue weighted by atomic mass is 16.5. The van der Waals surface area contributed by atoms with Gasteiger partial charge in [0, 0.05) is 47.8 Å². The van der Waals surface area contributed by atoms with Crippen LogP contribution in [-0.4, -0.2) is 46.3 Å². The van der Waals surface area contributed by atoms with E-state index in [9.17, 15) is 9.59 Å². The maximum Gasteiger partial charge on any atom is 0.339 e. The first-order valence-electron chi connectivity index (χ1n) is 16.6. The summed E-state index contributed by atoms with van der Waals surface area (Å²) in [7, 11) is 0. The minimum absolute atomic E-state index is 0.140. The molecule has 2 N–H and O–H groups in total. The molecule has 2 aliphatic heterocycles. The van der Waals surface area contributed by atoms with Gasteiger partial charge in [0.2, 0.25) is 0 Å². The zero-order chi connectivity index (χ0) is 33.1. The molecule has 4 aromatic carbocycles. The van der Waals surface area contributed by atoms with Gasteiger partial charge in [-0.1, -0.05) is 54.6 Å². The van der Waals surface area contributed by atoms with Crippen molar-refractivity contribution in [2.75, 3.05) is 0 Å². The van der Waals surface area contributed by atoms with Gasteiger partial charge >= 0.3 is 11.9 Å². The molecule has 0 saturated carbocycles. The molecule has 0 spiro atoms. The van der Waals surface area contributed by atoms with E-state index in [2.05, 4.69) is 78.2 Å². The predicted octanol–water partition coefficient (Wildman–Crippen LogP) is 8.59. The third-order valence-electron chi connectivity index (χ3n) is 9.39. The molecule has 0 aliphatic carbocycles. The second-order valence-corrected chi connectivity index (χ2v) is 16.1. The molecule has 6 nitrogen and oxygen atoms in total. The molecule has 0 radical (unpaired) electrons. The largest absolute Gasteiger partial charge is 0.459 e. The topological polar surface area (TPSA) is 76.7 Å². The van der Waals surface area contributed by atoms with E-state index in [1.807, 2.05) is 60.7 Å². The van der Waals surface area contributed by atoms with Crippen molar-refractivity contribution in [2.24, 2.45) is 0 Å². The Kier molecular flexibility index (Phi) is 8.05. The van der Waals surface area contributed by atoms with Crippen LogP contribution >= 0.6 is 0 Å². The number of esters is 2. The highest BCUT2D eigenvalue weighted by Crippen LogP contribution is 2.38. The minimum Gasteiger partial charge on any atom is -0.459 e. The summed E-state index contributed by atoms with van der Waals surface area (Å²) in [4.78, 5) is 27.8. The maximum absolute atomic E-state index is 14.1. The summed E-state index contributed by atoms with van der Waals surface area (Å²) in [6.45, 7) is 17.2. The lowest BCUT2D eigenvalue weighted by Crippen LogP contribution is -2.59. The van der Waals surface area contributed by atoms with Crippen LogP contribution in [0.5, 0.6) is 0 Å². The summed E-state index contributed by atoms with van der Waals surface area (Å²) < 4.78 is 12.5. The average Bonchev–Trinajstić information content (AvgIpc) is 2.92. The van der Waals surface area contributed by atoms with Gasteiger partial charge in [-0.2, -0.15) is 0 Å². The van der Waals surface area contributed by atoms with Crippen molar-refractivity contribution in [3.8, 4) is 11.1 Å². The van der Waals surface area contributed by atoms with E-state index in [0.717, 1.165) is 58.4 Å². The number of benzene rings is 4. The van der Waals surface area contributed by atoms with Gasteiger partial charge in [0.25, 0.3) is 0 Å². The van der Waals surface area contributed by atoms with Crippen LogP contribution in [0.1, 0.15) is 102 Å². The molecular weight excluding hydrogens is 572 g/mol. The number of fused-ring (bicyclic) bond motifs is 2. The number of rotatable bonds is 5. The van der Waals surface area contributed by atoms with Crippen LogP contribution in [0, 0.1) is 0 Å². The van der Waals surface area contributed by atoms with Crippen molar-refractivity contribution in [2.45, 2.75) is 115 Å². The second kappa shape index (κ2) is 11.5. The van der Waals surface area contributed by atoms with Crippen molar-refractivity contribution in [1.29, 1.82) is 0 Å². The Labute approximate surface area is 273 Å². The van der Waals surface area contributed by atoms with Crippen LogP contribution in [-0.2, 0) is 9.47 Å². The molecule has 6 rings (SSSR count). The van der Waals surface area contributed by atoms with E-state index in [4.69, 9.17) is 9.47 Å². The molecule has 0 atom stereocenters. The third-order valence-corrected chi connectivity index (χ3v) is 9.39. The van der Waals surface area contributed by atoms with Gasteiger partial charge < -0.3 is 20.1 Å². The first kappa shape index (κ1) is 32.2. The molecule has 2 aliphatic rings. The average molecular weight is 621 g/mol. The smallest absolute Gasteiger partial charge is 0.339 e. The van der Waals surface area contributed by atoms with E-state index in [-0.39, 0.29) is 46.3 Å². The number of carbonyl (C=O) groups excluding carboxylic acids is 2. The zero-order valence-corrected chi connectivity index (χ0v) is 28.5. The van der Waals surface area contributed by atoms with E-state index in [1.165, 1.54) is 0 Å². The van der Waals surface area contributed by atoms with Crippen LogP contribution < -0.4 is 10.6 Å². The van der Waals surface area contributed by atoms with E-state index in [1.54, 1.807) is 0 Å². The van der Waals surface area contributed by atoms with Gasteiger partial charge in [-0.25, -0.2) is 9.59 Å². The Morgan fingerprint density at radius 2 is 0.978 bits per heavy atom. The first-order valence-corrected chi connectivity index (χ1v) is 16.6. The van der Waals surface area contributed by atoms with Crippen molar-refractivity contribution in [3.63, 3.8) is 0 Å². The summed E-state index contributed by atoms with van der Waals surface area (Å²) in [6, 6.07) is 23.8. The Balaban J connectivity index is 1.39. The normalized spacial score (nSPS) is 20.8. The third kappa shape index (κ3) is 6.84. The summed E-state index contributed by atoms with van der Waals surface area (Å²) in [5.74, 6) is -0.654. The maximum atomic E-state index is 14.1.